The Morgan fingerprint density at radius 1 is 1.19 bits per heavy atom. The summed E-state index contributed by atoms with van der Waals surface area (Å²) in [7, 11) is -2.37. The fraction of sp³-hybridized carbons (Fsp3) is 0.824. The first kappa shape index (κ1) is 11.7. The molecule has 0 radical (unpaired) electrons. The maximum atomic E-state index is 12.4. The minimum absolute atomic E-state index is 0.0912. The van der Waals surface area contributed by atoms with Crippen molar-refractivity contribution in [2.45, 2.75) is 90.3 Å². The molecule has 0 saturated carbocycles. The SMILES string of the molecule is [2H]C([2H])([2H])C(O)(C#CCCC(=O)O[Si](C(C)C)(C(C)C)C(C)C)C([2H])([2H])[2H]. The molecule has 0 aliphatic carbocycles. The summed E-state index contributed by atoms with van der Waals surface area (Å²) in [4.78, 5) is 12.4. The molecule has 4 heteroatoms. The zero-order valence-corrected chi connectivity index (χ0v) is 14.9. The Balaban J connectivity index is 5.28. The van der Waals surface area contributed by atoms with Crippen molar-refractivity contribution in [2.75, 3.05) is 0 Å². The molecule has 0 rings (SSSR count). The van der Waals surface area contributed by atoms with Crippen LogP contribution >= 0.6 is 0 Å². The van der Waals surface area contributed by atoms with Gasteiger partial charge in [-0.25, -0.2) is 0 Å². The lowest BCUT2D eigenvalue weighted by Crippen LogP contribution is -2.49. The van der Waals surface area contributed by atoms with Crippen LogP contribution in [0.3, 0.4) is 0 Å². The summed E-state index contributed by atoms with van der Waals surface area (Å²) in [5.41, 5.74) is -2.45. The third-order valence-corrected chi connectivity index (χ3v) is 9.72. The number of carbonyl (C=O) groups excluding carboxylic acids is 1. The van der Waals surface area contributed by atoms with E-state index in [2.05, 4.69) is 5.92 Å². The van der Waals surface area contributed by atoms with Crippen molar-refractivity contribution < 1.29 is 22.6 Å². The molecule has 0 saturated heterocycles. The molecule has 0 atom stereocenters. The Labute approximate surface area is 140 Å². The molecule has 1 N–H and O–H groups in total. The van der Waals surface area contributed by atoms with Crippen LogP contribution in [0.2, 0.25) is 16.6 Å². The van der Waals surface area contributed by atoms with E-state index in [-0.39, 0.29) is 29.5 Å². The van der Waals surface area contributed by atoms with Gasteiger partial charge < -0.3 is 9.53 Å². The van der Waals surface area contributed by atoms with Crippen LogP contribution in [0.4, 0.5) is 0 Å². The van der Waals surface area contributed by atoms with Gasteiger partial charge in [0.2, 0.25) is 0 Å². The molecule has 21 heavy (non-hydrogen) atoms. The number of hydrogen-bond acceptors (Lipinski definition) is 3. The smallest absolute Gasteiger partial charge is 0.293 e. The summed E-state index contributed by atoms with van der Waals surface area (Å²) < 4.78 is 49.5. The molecule has 0 fully saturated rings. The lowest BCUT2D eigenvalue weighted by molar-refractivity contribution is -0.135. The van der Waals surface area contributed by atoms with Gasteiger partial charge in [0.05, 0.1) is 6.42 Å². The van der Waals surface area contributed by atoms with Gasteiger partial charge in [-0.2, -0.15) is 0 Å². The lowest BCUT2D eigenvalue weighted by Gasteiger charge is -2.41. The number of carbonyl (C=O) groups is 1. The first-order valence-corrected chi connectivity index (χ1v) is 9.51. The zero-order chi connectivity index (χ0) is 21.8. The number of rotatable bonds is 6. The molecule has 3 nitrogen and oxygen atoms in total. The Hall–Kier alpha value is -0.793. The van der Waals surface area contributed by atoms with Gasteiger partial charge in [-0.05, 0) is 30.3 Å². The second-order valence-electron chi connectivity index (χ2n) is 6.30. The van der Waals surface area contributed by atoms with Crippen LogP contribution in [-0.2, 0) is 9.22 Å². The molecule has 0 heterocycles. The van der Waals surface area contributed by atoms with Crippen molar-refractivity contribution in [3.63, 3.8) is 0 Å². The van der Waals surface area contributed by atoms with Gasteiger partial charge in [0, 0.05) is 14.6 Å². The van der Waals surface area contributed by atoms with E-state index in [0.29, 0.717) is 0 Å². The Bertz CT molecular complexity index is 534. The zero-order valence-electron chi connectivity index (χ0n) is 19.9. The predicted molar refractivity (Wildman–Crippen MR) is 90.4 cm³/mol. The fourth-order valence-electron chi connectivity index (χ4n) is 2.96. The Kier molecular flexibility index (Phi) is 4.47. The summed E-state index contributed by atoms with van der Waals surface area (Å²) in [5.74, 6) is 3.85. The van der Waals surface area contributed by atoms with Crippen molar-refractivity contribution >= 4 is 14.3 Å². The van der Waals surface area contributed by atoms with Crippen LogP contribution in [0.25, 0.3) is 0 Å². The number of aliphatic hydroxyl groups is 1. The molecule has 0 bridgehead atoms. The number of hydrogen-bond donors (Lipinski definition) is 1. The molecular weight excluding hydrogens is 280 g/mol. The van der Waals surface area contributed by atoms with Gasteiger partial charge in [-0.15, -0.1) is 0 Å². The highest BCUT2D eigenvalue weighted by molar-refractivity contribution is 6.78. The summed E-state index contributed by atoms with van der Waals surface area (Å²) in [6, 6.07) is 0. The van der Waals surface area contributed by atoms with E-state index in [1.165, 1.54) is 0 Å². The summed E-state index contributed by atoms with van der Waals surface area (Å²) in [5, 5.41) is 10.0. The monoisotopic (exact) mass is 318 g/mol. The van der Waals surface area contributed by atoms with Crippen LogP contribution in [0.5, 0.6) is 0 Å². The quantitative estimate of drug-likeness (QED) is 0.588. The molecule has 0 aromatic rings. The topological polar surface area (TPSA) is 46.5 Å². The van der Waals surface area contributed by atoms with Crippen LogP contribution < -0.4 is 0 Å². The van der Waals surface area contributed by atoms with Crippen LogP contribution in [0, 0.1) is 11.8 Å². The van der Waals surface area contributed by atoms with Gasteiger partial charge >= 0.3 is 0 Å². The van der Waals surface area contributed by atoms with Crippen LogP contribution in [0.15, 0.2) is 0 Å². The summed E-state index contributed by atoms with van der Waals surface area (Å²) in [6.07, 6.45) is -0.182. The van der Waals surface area contributed by atoms with Crippen molar-refractivity contribution in [1.29, 1.82) is 0 Å². The van der Waals surface area contributed by atoms with Gasteiger partial charge in [0.25, 0.3) is 14.3 Å². The highest BCUT2D eigenvalue weighted by atomic mass is 28.4. The second kappa shape index (κ2) is 8.00. The van der Waals surface area contributed by atoms with Crippen molar-refractivity contribution in [1.82, 2.24) is 0 Å². The molecule has 0 aromatic heterocycles. The largest absolute Gasteiger partial charge is 0.518 e. The molecule has 0 spiro atoms. The minimum atomic E-state index is -3.19. The maximum Gasteiger partial charge on any atom is 0.293 e. The first-order chi connectivity index (χ1) is 11.9. The predicted octanol–water partition coefficient (Wildman–Crippen LogP) is 4.26. The molecule has 0 unspecified atom stereocenters. The van der Waals surface area contributed by atoms with E-state index >= 15 is 0 Å². The molecule has 0 aromatic carbocycles. The van der Waals surface area contributed by atoms with Crippen molar-refractivity contribution in [3.05, 3.63) is 0 Å². The maximum absolute atomic E-state index is 12.4. The van der Waals surface area contributed by atoms with E-state index in [1.54, 1.807) is 0 Å². The normalized spacial score (nSPS) is 18.0. The molecule has 0 aliphatic rings. The first-order valence-electron chi connectivity index (χ1n) is 10.4. The van der Waals surface area contributed by atoms with E-state index < -0.39 is 33.6 Å². The van der Waals surface area contributed by atoms with Crippen LogP contribution in [-0.4, -0.2) is 25.0 Å². The van der Waals surface area contributed by atoms with Gasteiger partial charge in [-0.3, -0.25) is 4.79 Å². The van der Waals surface area contributed by atoms with Gasteiger partial charge in [0.1, 0.15) is 5.60 Å². The second-order valence-corrected chi connectivity index (χ2v) is 11.7. The van der Waals surface area contributed by atoms with E-state index in [4.69, 9.17) is 12.7 Å². The van der Waals surface area contributed by atoms with Gasteiger partial charge in [0.15, 0.2) is 0 Å². The summed E-state index contributed by atoms with van der Waals surface area (Å²) in [6.45, 7) is 5.90. The highest BCUT2D eigenvalue weighted by Crippen LogP contribution is 2.42. The molecule has 0 amide bonds. The van der Waals surface area contributed by atoms with E-state index in [0.717, 1.165) is 0 Å². The Morgan fingerprint density at radius 3 is 2.05 bits per heavy atom. The van der Waals surface area contributed by atoms with Crippen molar-refractivity contribution in [3.8, 4) is 11.8 Å². The average Bonchev–Trinajstić information content (AvgIpc) is 2.45. The van der Waals surface area contributed by atoms with Crippen LogP contribution in [0.1, 0.15) is 76.3 Å². The van der Waals surface area contributed by atoms with E-state index in [9.17, 15) is 9.90 Å². The third kappa shape index (κ3) is 6.23. The average molecular weight is 319 g/mol. The summed E-state index contributed by atoms with van der Waals surface area (Å²) >= 11 is 0. The molecule has 122 valence electrons. The fourth-order valence-corrected chi connectivity index (χ4v) is 8.16. The highest BCUT2D eigenvalue weighted by Gasteiger charge is 2.47. The van der Waals surface area contributed by atoms with E-state index in [1.807, 2.05) is 47.5 Å². The standard InChI is InChI=1S/C17H32O3Si/c1-13(2)21(14(3)4,15(5)6)20-16(18)11-9-10-12-17(7,8)19/h13-15,19H,9,11H2,1-8H3/i7D3,8D3. The van der Waals surface area contributed by atoms with Crippen molar-refractivity contribution in [2.24, 2.45) is 0 Å². The Morgan fingerprint density at radius 2 is 1.67 bits per heavy atom. The third-order valence-electron chi connectivity index (χ3n) is 3.72. The lowest BCUT2D eigenvalue weighted by atomic mass is 10.1. The molecule has 0 aliphatic heterocycles. The van der Waals surface area contributed by atoms with Gasteiger partial charge in [-0.1, -0.05) is 53.4 Å². The minimum Gasteiger partial charge on any atom is -0.518 e. The molecular formula is C17H32O3Si.